The van der Waals surface area contributed by atoms with E-state index in [0.717, 1.165) is 0 Å². The van der Waals surface area contributed by atoms with Gasteiger partial charge in [-0.1, -0.05) is 17.7 Å². The van der Waals surface area contributed by atoms with Crippen LogP contribution in [-0.2, 0) is 11.3 Å². The Morgan fingerprint density at radius 3 is 2.39 bits per heavy atom. The lowest BCUT2D eigenvalue weighted by Crippen LogP contribution is -2.20. The number of methoxy groups -OCH3 is 2. The highest BCUT2D eigenvalue weighted by atomic mass is 35.5. The molecular weight excluding hydrogens is 432 g/mol. The highest BCUT2D eigenvalue weighted by molar-refractivity contribution is 6.32. The number of benzene rings is 2. The Morgan fingerprint density at radius 2 is 1.77 bits per heavy atom. The van der Waals surface area contributed by atoms with E-state index < -0.39 is 6.61 Å². The molecule has 0 spiro atoms. The first-order valence-electron chi connectivity index (χ1n) is 9.35. The molecular formula is C22H24ClF2NO5. The Labute approximate surface area is 184 Å². The van der Waals surface area contributed by atoms with Gasteiger partial charge in [-0.15, -0.1) is 0 Å². The standard InChI is InChI=1S/C22H24ClF2NO5/c1-13(2)30-21-16(23)9-14(10-19(21)29-4)6-8-20(27)26-12-15-5-7-17(31-22(24)25)18(11-15)28-3/h5-11,13,22H,12H2,1-4H3,(H,26,27)/b8-6+. The minimum Gasteiger partial charge on any atom is -0.493 e. The van der Waals surface area contributed by atoms with Crippen molar-refractivity contribution in [3.63, 3.8) is 0 Å². The second-order valence-corrected chi connectivity index (χ2v) is 7.02. The summed E-state index contributed by atoms with van der Waals surface area (Å²) in [6, 6.07) is 7.80. The van der Waals surface area contributed by atoms with E-state index in [9.17, 15) is 13.6 Å². The van der Waals surface area contributed by atoms with Crippen LogP contribution in [0.5, 0.6) is 23.0 Å². The lowest BCUT2D eigenvalue weighted by molar-refractivity contribution is -0.116. The molecule has 168 valence electrons. The average molecular weight is 456 g/mol. The maximum Gasteiger partial charge on any atom is 0.387 e. The third kappa shape index (κ3) is 7.32. The van der Waals surface area contributed by atoms with E-state index in [0.29, 0.717) is 27.6 Å². The van der Waals surface area contributed by atoms with Crippen molar-refractivity contribution in [3.8, 4) is 23.0 Å². The number of alkyl halides is 2. The summed E-state index contributed by atoms with van der Waals surface area (Å²) in [4.78, 5) is 12.2. The van der Waals surface area contributed by atoms with Gasteiger partial charge in [0.05, 0.1) is 25.3 Å². The number of hydrogen-bond acceptors (Lipinski definition) is 5. The molecule has 6 nitrogen and oxygen atoms in total. The Balaban J connectivity index is 2.03. The van der Waals surface area contributed by atoms with Gasteiger partial charge in [-0.05, 0) is 55.3 Å². The van der Waals surface area contributed by atoms with Crippen molar-refractivity contribution in [2.45, 2.75) is 33.1 Å². The maximum atomic E-state index is 12.4. The molecule has 0 saturated heterocycles. The lowest BCUT2D eigenvalue weighted by Gasteiger charge is -2.15. The van der Waals surface area contributed by atoms with E-state index in [-0.39, 0.29) is 30.1 Å². The van der Waals surface area contributed by atoms with Gasteiger partial charge in [0.15, 0.2) is 23.0 Å². The quantitative estimate of drug-likeness (QED) is 0.506. The van der Waals surface area contributed by atoms with Crippen molar-refractivity contribution < 1.29 is 32.5 Å². The molecule has 0 heterocycles. The summed E-state index contributed by atoms with van der Waals surface area (Å²) in [5.41, 5.74) is 1.31. The van der Waals surface area contributed by atoms with Crippen LogP contribution in [0.1, 0.15) is 25.0 Å². The van der Waals surface area contributed by atoms with E-state index in [1.165, 1.54) is 32.4 Å². The SMILES string of the molecule is COc1cc(CNC(=O)/C=C/c2cc(Cl)c(OC(C)C)c(OC)c2)ccc1OC(F)F. The third-order valence-corrected chi connectivity index (χ3v) is 4.22. The summed E-state index contributed by atoms with van der Waals surface area (Å²) < 4.78 is 45.2. The first-order chi connectivity index (χ1) is 14.7. The molecule has 9 heteroatoms. The molecule has 0 fully saturated rings. The van der Waals surface area contributed by atoms with Crippen LogP contribution in [0.3, 0.4) is 0 Å². The van der Waals surface area contributed by atoms with E-state index >= 15 is 0 Å². The molecule has 31 heavy (non-hydrogen) atoms. The zero-order valence-corrected chi connectivity index (χ0v) is 18.3. The minimum atomic E-state index is -2.96. The predicted molar refractivity (Wildman–Crippen MR) is 114 cm³/mol. The van der Waals surface area contributed by atoms with E-state index in [4.69, 9.17) is 25.8 Å². The van der Waals surface area contributed by atoms with Crippen LogP contribution in [0, 0.1) is 0 Å². The molecule has 2 aromatic rings. The van der Waals surface area contributed by atoms with Gasteiger partial charge < -0.3 is 24.3 Å². The third-order valence-electron chi connectivity index (χ3n) is 3.94. The zero-order valence-electron chi connectivity index (χ0n) is 17.6. The number of halogens is 3. The number of hydrogen-bond donors (Lipinski definition) is 1. The number of ether oxygens (including phenoxy) is 4. The molecule has 0 aliphatic carbocycles. The number of rotatable bonds is 10. The molecule has 0 saturated carbocycles. The number of amides is 1. The van der Waals surface area contributed by atoms with Gasteiger partial charge in [-0.2, -0.15) is 8.78 Å². The summed E-state index contributed by atoms with van der Waals surface area (Å²) >= 11 is 6.28. The van der Waals surface area contributed by atoms with Crippen molar-refractivity contribution in [1.82, 2.24) is 5.32 Å². The average Bonchev–Trinajstić information content (AvgIpc) is 2.72. The topological polar surface area (TPSA) is 66.0 Å². The summed E-state index contributed by atoms with van der Waals surface area (Å²) in [5, 5.41) is 3.07. The summed E-state index contributed by atoms with van der Waals surface area (Å²) in [5.74, 6) is 0.606. The van der Waals surface area contributed by atoms with Crippen molar-refractivity contribution in [2.75, 3.05) is 14.2 Å². The Kier molecular flexibility index (Phi) is 8.93. The molecule has 1 amide bonds. The normalized spacial score (nSPS) is 11.1. The largest absolute Gasteiger partial charge is 0.493 e. The van der Waals surface area contributed by atoms with Gasteiger partial charge in [0.2, 0.25) is 5.91 Å². The fourth-order valence-corrected chi connectivity index (χ4v) is 2.89. The van der Waals surface area contributed by atoms with Crippen LogP contribution >= 0.6 is 11.6 Å². The molecule has 2 rings (SSSR count). The smallest absolute Gasteiger partial charge is 0.387 e. The van der Waals surface area contributed by atoms with Crippen molar-refractivity contribution in [3.05, 3.63) is 52.6 Å². The first kappa shape index (κ1) is 24.3. The molecule has 0 unspecified atom stereocenters. The van der Waals surface area contributed by atoms with Gasteiger partial charge in [0.1, 0.15) is 0 Å². The molecule has 0 atom stereocenters. The molecule has 0 aliphatic heterocycles. The fourth-order valence-electron chi connectivity index (χ4n) is 2.62. The highest BCUT2D eigenvalue weighted by Crippen LogP contribution is 2.37. The summed E-state index contributed by atoms with van der Waals surface area (Å²) in [7, 11) is 2.85. The molecule has 0 bridgehead atoms. The number of nitrogens with one attached hydrogen (secondary N) is 1. The molecule has 2 aromatic carbocycles. The maximum absolute atomic E-state index is 12.4. The molecule has 1 N–H and O–H groups in total. The minimum absolute atomic E-state index is 0.0757. The lowest BCUT2D eigenvalue weighted by atomic mass is 10.1. The Bertz CT molecular complexity index is 934. The fraction of sp³-hybridized carbons (Fsp3) is 0.318. The van der Waals surface area contributed by atoms with Crippen LogP contribution < -0.4 is 24.3 Å². The zero-order chi connectivity index (χ0) is 23.0. The second-order valence-electron chi connectivity index (χ2n) is 6.62. The molecule has 0 aliphatic rings. The molecule has 0 radical (unpaired) electrons. The van der Waals surface area contributed by atoms with Gasteiger partial charge in [-0.25, -0.2) is 0 Å². The Morgan fingerprint density at radius 1 is 1.06 bits per heavy atom. The highest BCUT2D eigenvalue weighted by Gasteiger charge is 2.13. The number of carbonyl (C=O) groups excluding carboxylic acids is 1. The monoisotopic (exact) mass is 455 g/mol. The predicted octanol–water partition coefficient (Wildman–Crippen LogP) is 5.08. The van der Waals surface area contributed by atoms with Crippen molar-refractivity contribution in [2.24, 2.45) is 0 Å². The van der Waals surface area contributed by atoms with Gasteiger partial charge in [-0.3, -0.25) is 4.79 Å². The van der Waals surface area contributed by atoms with Gasteiger partial charge in [0, 0.05) is 12.6 Å². The van der Waals surface area contributed by atoms with Gasteiger partial charge >= 0.3 is 6.61 Å². The van der Waals surface area contributed by atoms with Gasteiger partial charge in [0.25, 0.3) is 0 Å². The van der Waals surface area contributed by atoms with Crippen LogP contribution in [0.2, 0.25) is 5.02 Å². The Hall–Kier alpha value is -3.00. The van der Waals surface area contributed by atoms with Crippen LogP contribution in [-0.4, -0.2) is 32.8 Å². The van der Waals surface area contributed by atoms with E-state index in [2.05, 4.69) is 10.1 Å². The summed E-state index contributed by atoms with van der Waals surface area (Å²) in [6.45, 7) is 0.966. The van der Waals surface area contributed by atoms with Crippen LogP contribution in [0.25, 0.3) is 6.08 Å². The first-order valence-corrected chi connectivity index (χ1v) is 9.73. The molecule has 0 aromatic heterocycles. The van der Waals surface area contributed by atoms with Crippen LogP contribution in [0.4, 0.5) is 8.78 Å². The van der Waals surface area contributed by atoms with E-state index in [1.807, 2.05) is 13.8 Å². The number of carbonyl (C=O) groups is 1. The second kappa shape index (κ2) is 11.4. The van der Waals surface area contributed by atoms with Crippen LogP contribution in [0.15, 0.2) is 36.4 Å². The van der Waals surface area contributed by atoms with E-state index in [1.54, 1.807) is 24.3 Å². The van der Waals surface area contributed by atoms with Crippen molar-refractivity contribution >= 4 is 23.6 Å². The summed E-state index contributed by atoms with van der Waals surface area (Å²) in [6.07, 6.45) is 2.86. The van der Waals surface area contributed by atoms with Crippen molar-refractivity contribution in [1.29, 1.82) is 0 Å².